The summed E-state index contributed by atoms with van der Waals surface area (Å²) in [4.78, 5) is 6.12. The molecule has 1 aliphatic heterocycles. The predicted octanol–water partition coefficient (Wildman–Crippen LogP) is 3.09. The molecule has 1 N–H and O–H groups in total. The molecule has 0 aromatic carbocycles. The van der Waals surface area contributed by atoms with Gasteiger partial charge in [0.25, 0.3) is 0 Å². The zero-order valence-electron chi connectivity index (χ0n) is 11.7. The van der Waals surface area contributed by atoms with Gasteiger partial charge in [-0.1, -0.05) is 13.8 Å². The molecule has 0 amide bonds. The van der Waals surface area contributed by atoms with Crippen molar-refractivity contribution in [2.24, 2.45) is 5.92 Å². The summed E-state index contributed by atoms with van der Waals surface area (Å²) in [6.45, 7) is 10.4. The number of hydrogen-bond donors (Lipinski definition) is 1. The van der Waals surface area contributed by atoms with Crippen LogP contribution in [0.2, 0.25) is 0 Å². The molecule has 1 aromatic heterocycles. The van der Waals surface area contributed by atoms with Crippen molar-refractivity contribution in [3.8, 4) is 0 Å². The second-order valence-corrected chi connectivity index (χ2v) is 6.61. The summed E-state index contributed by atoms with van der Waals surface area (Å²) in [5, 5.41) is 4.77. The molecule has 1 saturated heterocycles. The summed E-state index contributed by atoms with van der Waals surface area (Å²) in [5.74, 6) is 1.23. The molecule has 18 heavy (non-hydrogen) atoms. The molecular weight excluding hydrogens is 244 g/mol. The molecular formula is C14H24N2OS. The topological polar surface area (TPSA) is 34.1 Å². The van der Waals surface area contributed by atoms with E-state index in [9.17, 15) is 0 Å². The SMILES string of the molecule is Cc1nc(C2CCCOC2)sc1CNCC(C)C. The second kappa shape index (κ2) is 6.64. The fourth-order valence-electron chi connectivity index (χ4n) is 2.20. The van der Waals surface area contributed by atoms with Crippen LogP contribution < -0.4 is 5.32 Å². The Kier molecular flexibility index (Phi) is 5.15. The number of hydrogen-bond acceptors (Lipinski definition) is 4. The first kappa shape index (κ1) is 14.0. The minimum absolute atomic E-state index is 0.529. The smallest absolute Gasteiger partial charge is 0.0985 e. The summed E-state index contributed by atoms with van der Waals surface area (Å²) in [6, 6.07) is 0. The van der Waals surface area contributed by atoms with Crippen LogP contribution in [0.25, 0.3) is 0 Å². The lowest BCUT2D eigenvalue weighted by atomic mass is 10.0. The highest BCUT2D eigenvalue weighted by atomic mass is 32.1. The summed E-state index contributed by atoms with van der Waals surface area (Å²) in [7, 11) is 0. The van der Waals surface area contributed by atoms with Crippen molar-refractivity contribution in [1.82, 2.24) is 10.3 Å². The van der Waals surface area contributed by atoms with Crippen molar-refractivity contribution >= 4 is 11.3 Å². The van der Waals surface area contributed by atoms with Crippen molar-refractivity contribution in [3.63, 3.8) is 0 Å². The number of nitrogens with zero attached hydrogens (tertiary/aromatic N) is 1. The molecule has 2 heterocycles. The van der Waals surface area contributed by atoms with Crippen LogP contribution in [-0.2, 0) is 11.3 Å². The molecule has 1 aromatic rings. The molecule has 1 unspecified atom stereocenters. The largest absolute Gasteiger partial charge is 0.381 e. The van der Waals surface area contributed by atoms with E-state index >= 15 is 0 Å². The van der Waals surface area contributed by atoms with Crippen molar-refractivity contribution in [2.75, 3.05) is 19.8 Å². The lowest BCUT2D eigenvalue weighted by molar-refractivity contribution is 0.0803. The standard InChI is InChI=1S/C14H24N2OS/c1-10(2)7-15-8-13-11(3)16-14(18-13)12-5-4-6-17-9-12/h10,12,15H,4-9H2,1-3H3. The zero-order chi connectivity index (χ0) is 13.0. The molecule has 0 saturated carbocycles. The van der Waals surface area contributed by atoms with E-state index in [4.69, 9.17) is 9.72 Å². The van der Waals surface area contributed by atoms with Crippen LogP contribution >= 0.6 is 11.3 Å². The first-order chi connectivity index (χ1) is 8.66. The Labute approximate surface area is 114 Å². The molecule has 4 heteroatoms. The summed E-state index contributed by atoms with van der Waals surface area (Å²) in [5.41, 5.74) is 1.19. The van der Waals surface area contributed by atoms with Gasteiger partial charge in [-0.05, 0) is 32.2 Å². The molecule has 0 radical (unpaired) electrons. The minimum Gasteiger partial charge on any atom is -0.381 e. The Morgan fingerprint density at radius 3 is 3.00 bits per heavy atom. The molecule has 3 nitrogen and oxygen atoms in total. The van der Waals surface area contributed by atoms with E-state index in [2.05, 4.69) is 26.1 Å². The average Bonchev–Trinajstić information content (AvgIpc) is 2.72. The lowest BCUT2D eigenvalue weighted by Gasteiger charge is -2.19. The van der Waals surface area contributed by atoms with E-state index in [1.54, 1.807) is 0 Å². The second-order valence-electron chi connectivity index (χ2n) is 5.50. The normalized spacial score (nSPS) is 20.6. The maximum atomic E-state index is 5.55. The van der Waals surface area contributed by atoms with Gasteiger partial charge in [0.2, 0.25) is 0 Å². The first-order valence-corrected chi connectivity index (χ1v) is 7.73. The third-order valence-electron chi connectivity index (χ3n) is 3.26. The molecule has 0 bridgehead atoms. The molecule has 102 valence electrons. The molecule has 0 aliphatic carbocycles. The third-order valence-corrected chi connectivity index (χ3v) is 4.58. The van der Waals surface area contributed by atoms with Crippen LogP contribution in [0.1, 0.15) is 48.2 Å². The van der Waals surface area contributed by atoms with Crippen LogP contribution in [0.4, 0.5) is 0 Å². The van der Waals surface area contributed by atoms with Gasteiger partial charge < -0.3 is 10.1 Å². The van der Waals surface area contributed by atoms with E-state index < -0.39 is 0 Å². The zero-order valence-corrected chi connectivity index (χ0v) is 12.5. The monoisotopic (exact) mass is 268 g/mol. The van der Waals surface area contributed by atoms with Crippen LogP contribution in [0.15, 0.2) is 0 Å². The van der Waals surface area contributed by atoms with Gasteiger partial charge in [0.05, 0.1) is 17.3 Å². The maximum absolute atomic E-state index is 5.55. The van der Waals surface area contributed by atoms with E-state index in [0.29, 0.717) is 11.8 Å². The highest BCUT2D eigenvalue weighted by Gasteiger charge is 2.20. The number of rotatable bonds is 5. The van der Waals surface area contributed by atoms with Crippen LogP contribution in [0, 0.1) is 12.8 Å². The molecule has 0 spiro atoms. The van der Waals surface area contributed by atoms with Gasteiger partial charge in [-0.15, -0.1) is 11.3 Å². The number of thiazole rings is 1. The third kappa shape index (κ3) is 3.77. The van der Waals surface area contributed by atoms with Gasteiger partial charge in [-0.2, -0.15) is 0 Å². The quantitative estimate of drug-likeness (QED) is 0.891. The Bertz CT molecular complexity index is 370. The molecule has 1 atom stereocenters. The Hall–Kier alpha value is -0.450. The van der Waals surface area contributed by atoms with E-state index in [1.165, 1.54) is 28.4 Å². The minimum atomic E-state index is 0.529. The Morgan fingerprint density at radius 2 is 2.33 bits per heavy atom. The predicted molar refractivity (Wildman–Crippen MR) is 76.2 cm³/mol. The van der Waals surface area contributed by atoms with Crippen molar-refractivity contribution in [3.05, 3.63) is 15.6 Å². The summed E-state index contributed by atoms with van der Waals surface area (Å²) < 4.78 is 5.55. The highest BCUT2D eigenvalue weighted by molar-refractivity contribution is 7.11. The molecule has 1 fully saturated rings. The Morgan fingerprint density at radius 1 is 1.50 bits per heavy atom. The van der Waals surface area contributed by atoms with Gasteiger partial charge in [0.1, 0.15) is 0 Å². The van der Waals surface area contributed by atoms with Gasteiger partial charge in [-0.3, -0.25) is 0 Å². The number of ether oxygens (including phenoxy) is 1. The van der Waals surface area contributed by atoms with E-state index in [-0.39, 0.29) is 0 Å². The average molecular weight is 268 g/mol. The fraction of sp³-hybridized carbons (Fsp3) is 0.786. The maximum Gasteiger partial charge on any atom is 0.0985 e. The first-order valence-electron chi connectivity index (χ1n) is 6.91. The van der Waals surface area contributed by atoms with Gasteiger partial charge in [-0.25, -0.2) is 4.98 Å². The van der Waals surface area contributed by atoms with Crippen molar-refractivity contribution in [1.29, 1.82) is 0 Å². The number of aryl methyl sites for hydroxylation is 1. The fourth-order valence-corrected chi connectivity index (χ4v) is 3.35. The summed E-state index contributed by atoms with van der Waals surface area (Å²) >= 11 is 1.86. The number of aromatic nitrogens is 1. The van der Waals surface area contributed by atoms with Crippen molar-refractivity contribution in [2.45, 2.75) is 46.1 Å². The van der Waals surface area contributed by atoms with E-state index in [1.807, 2.05) is 11.3 Å². The van der Waals surface area contributed by atoms with Gasteiger partial charge in [0.15, 0.2) is 0 Å². The highest BCUT2D eigenvalue weighted by Crippen LogP contribution is 2.30. The lowest BCUT2D eigenvalue weighted by Crippen LogP contribution is -2.18. The van der Waals surface area contributed by atoms with Crippen molar-refractivity contribution < 1.29 is 4.74 Å². The van der Waals surface area contributed by atoms with Gasteiger partial charge in [0, 0.05) is 23.9 Å². The number of nitrogens with one attached hydrogen (secondary N) is 1. The van der Waals surface area contributed by atoms with E-state index in [0.717, 1.165) is 26.3 Å². The Balaban J connectivity index is 1.93. The van der Waals surface area contributed by atoms with Gasteiger partial charge >= 0.3 is 0 Å². The van der Waals surface area contributed by atoms with Crippen LogP contribution in [0.3, 0.4) is 0 Å². The molecule has 1 aliphatic rings. The summed E-state index contributed by atoms with van der Waals surface area (Å²) in [6.07, 6.45) is 2.40. The molecule has 2 rings (SSSR count). The van der Waals surface area contributed by atoms with Crippen LogP contribution in [-0.4, -0.2) is 24.7 Å². The van der Waals surface area contributed by atoms with Crippen LogP contribution in [0.5, 0.6) is 0 Å².